The van der Waals surface area contributed by atoms with E-state index in [2.05, 4.69) is 0 Å². The number of carbonyl (C=O) groups is 2. The number of hydrogen-bond acceptors (Lipinski definition) is 6. The first-order valence-corrected chi connectivity index (χ1v) is 8.08. The molecule has 0 bridgehead atoms. The van der Waals surface area contributed by atoms with Crippen LogP contribution in [0.15, 0.2) is 12.2 Å². The molecule has 2 heterocycles. The summed E-state index contributed by atoms with van der Waals surface area (Å²) in [5.74, 6) is -0.216. The van der Waals surface area contributed by atoms with Crippen molar-refractivity contribution in [1.82, 2.24) is 0 Å². The van der Waals surface area contributed by atoms with E-state index in [1.54, 1.807) is 7.11 Å². The van der Waals surface area contributed by atoms with Crippen LogP contribution >= 0.6 is 0 Å². The van der Waals surface area contributed by atoms with Crippen molar-refractivity contribution in [2.24, 2.45) is 5.92 Å². The Morgan fingerprint density at radius 3 is 2.78 bits per heavy atom. The van der Waals surface area contributed by atoms with Crippen LogP contribution in [0.1, 0.15) is 33.1 Å². The summed E-state index contributed by atoms with van der Waals surface area (Å²) in [5, 5.41) is 0. The molecule has 128 valence electrons. The average molecular weight is 324 g/mol. The number of epoxide rings is 2. The smallest absolute Gasteiger partial charge is 0.302 e. The lowest BCUT2D eigenvalue weighted by Crippen LogP contribution is -2.52. The van der Waals surface area contributed by atoms with Gasteiger partial charge in [-0.15, -0.1) is 0 Å². The largest absolute Gasteiger partial charge is 0.462 e. The van der Waals surface area contributed by atoms with Gasteiger partial charge in [-0.1, -0.05) is 12.2 Å². The predicted octanol–water partition coefficient (Wildman–Crippen LogP) is 1.42. The Morgan fingerprint density at radius 1 is 1.43 bits per heavy atom. The zero-order valence-electron chi connectivity index (χ0n) is 13.9. The molecule has 3 aliphatic rings. The Balaban J connectivity index is 1.61. The molecule has 1 saturated carbocycles. The molecule has 1 aliphatic carbocycles. The highest BCUT2D eigenvalue weighted by Crippen LogP contribution is 2.58. The second kappa shape index (κ2) is 6.00. The third-order valence-corrected chi connectivity index (χ3v) is 5.25. The number of ether oxygens (including phenoxy) is 4. The minimum atomic E-state index is -0.453. The Bertz CT molecular complexity index is 523. The number of carbonyl (C=O) groups excluding carboxylic acids is 2. The van der Waals surface area contributed by atoms with Crippen molar-refractivity contribution in [2.75, 3.05) is 20.3 Å². The monoisotopic (exact) mass is 324 g/mol. The van der Waals surface area contributed by atoms with E-state index in [1.165, 1.54) is 6.92 Å². The summed E-state index contributed by atoms with van der Waals surface area (Å²) in [6.07, 6.45) is 5.33. The number of ketones is 1. The Morgan fingerprint density at radius 2 is 2.17 bits per heavy atom. The molecule has 6 nitrogen and oxygen atoms in total. The Hall–Kier alpha value is -1.24. The summed E-state index contributed by atoms with van der Waals surface area (Å²) >= 11 is 0. The van der Waals surface area contributed by atoms with Gasteiger partial charge in [0, 0.05) is 20.5 Å². The Kier molecular flexibility index (Phi) is 4.33. The summed E-state index contributed by atoms with van der Waals surface area (Å²) in [4.78, 5) is 22.9. The van der Waals surface area contributed by atoms with E-state index in [-0.39, 0.29) is 36.0 Å². The third kappa shape index (κ3) is 3.07. The summed E-state index contributed by atoms with van der Waals surface area (Å²) in [6, 6.07) is 0. The second-order valence-electron chi connectivity index (χ2n) is 6.75. The molecule has 6 heteroatoms. The normalized spacial score (nSPS) is 42.2. The number of hydrogen-bond donors (Lipinski definition) is 0. The van der Waals surface area contributed by atoms with Gasteiger partial charge in [0.15, 0.2) is 5.78 Å². The van der Waals surface area contributed by atoms with Crippen LogP contribution in [0.2, 0.25) is 0 Å². The van der Waals surface area contributed by atoms with Crippen LogP contribution < -0.4 is 0 Å². The predicted molar refractivity (Wildman–Crippen MR) is 80.9 cm³/mol. The molecular weight excluding hydrogens is 300 g/mol. The molecule has 5 atom stereocenters. The number of rotatable bonds is 6. The molecule has 0 aromatic rings. The highest BCUT2D eigenvalue weighted by atomic mass is 16.6. The fourth-order valence-electron chi connectivity index (χ4n) is 3.88. The van der Waals surface area contributed by atoms with Crippen molar-refractivity contribution in [1.29, 1.82) is 0 Å². The lowest BCUT2D eigenvalue weighted by atomic mass is 9.69. The first kappa shape index (κ1) is 16.6. The molecular formula is C17H24O6. The summed E-state index contributed by atoms with van der Waals surface area (Å²) in [5.41, 5.74) is -0.654. The number of methoxy groups -OCH3 is 1. The molecule has 3 rings (SSSR count). The zero-order valence-corrected chi connectivity index (χ0v) is 13.9. The summed E-state index contributed by atoms with van der Waals surface area (Å²) in [6.45, 7) is 4.37. The fraction of sp³-hybridized carbons (Fsp3) is 0.765. The lowest BCUT2D eigenvalue weighted by molar-refractivity contribution is -0.142. The minimum Gasteiger partial charge on any atom is -0.462 e. The van der Waals surface area contributed by atoms with Gasteiger partial charge >= 0.3 is 5.97 Å². The maximum atomic E-state index is 12.2. The van der Waals surface area contributed by atoms with Crippen molar-refractivity contribution >= 4 is 11.8 Å². The van der Waals surface area contributed by atoms with Crippen molar-refractivity contribution < 1.29 is 28.5 Å². The molecule has 2 aliphatic heterocycles. The third-order valence-electron chi connectivity index (χ3n) is 5.25. The minimum absolute atomic E-state index is 0.0331. The van der Waals surface area contributed by atoms with Crippen molar-refractivity contribution in [3.05, 3.63) is 12.2 Å². The van der Waals surface area contributed by atoms with Gasteiger partial charge < -0.3 is 18.9 Å². The van der Waals surface area contributed by atoms with Gasteiger partial charge in [-0.05, 0) is 19.8 Å². The zero-order chi connectivity index (χ0) is 16.7. The second-order valence-corrected chi connectivity index (χ2v) is 6.75. The quantitative estimate of drug-likeness (QED) is 0.418. The van der Waals surface area contributed by atoms with E-state index in [0.29, 0.717) is 13.0 Å². The molecule has 1 unspecified atom stereocenters. The standard InChI is InChI=1S/C17H24O6/c1-11(18)21-9-5-4-6-13-16(2,23-13)15-14(20-3)12(19)7-8-17(15)10-22-17/h4-5,13-15H,6-10H2,1-3H3/b5-4+/t13-,14-,15-,16?,17+/m1/s1. The van der Waals surface area contributed by atoms with Crippen LogP contribution in [-0.4, -0.2) is 55.5 Å². The molecule has 23 heavy (non-hydrogen) atoms. The highest BCUT2D eigenvalue weighted by molar-refractivity contribution is 5.85. The van der Waals surface area contributed by atoms with Gasteiger partial charge in [-0.2, -0.15) is 0 Å². The van der Waals surface area contributed by atoms with E-state index in [4.69, 9.17) is 18.9 Å². The number of Topliss-reactive ketones (excluding diaryl/α,β-unsaturated/α-hetero) is 1. The number of esters is 1. The van der Waals surface area contributed by atoms with Crippen LogP contribution in [0, 0.1) is 5.92 Å². The topological polar surface area (TPSA) is 77.7 Å². The maximum absolute atomic E-state index is 12.2. The maximum Gasteiger partial charge on any atom is 0.302 e. The summed E-state index contributed by atoms with van der Waals surface area (Å²) < 4.78 is 22.0. The van der Waals surface area contributed by atoms with E-state index >= 15 is 0 Å². The van der Waals surface area contributed by atoms with Crippen molar-refractivity contribution in [3.63, 3.8) is 0 Å². The fourth-order valence-corrected chi connectivity index (χ4v) is 3.88. The van der Waals surface area contributed by atoms with Gasteiger partial charge in [-0.3, -0.25) is 9.59 Å². The Labute approximate surface area is 136 Å². The average Bonchev–Trinajstić information content (AvgIpc) is 3.40. The molecule has 0 aromatic carbocycles. The van der Waals surface area contributed by atoms with Gasteiger partial charge in [-0.25, -0.2) is 0 Å². The highest BCUT2D eigenvalue weighted by Gasteiger charge is 2.71. The first-order chi connectivity index (χ1) is 10.9. The summed E-state index contributed by atoms with van der Waals surface area (Å²) in [7, 11) is 1.58. The molecule has 3 fully saturated rings. The van der Waals surface area contributed by atoms with Crippen LogP contribution in [0.5, 0.6) is 0 Å². The van der Waals surface area contributed by atoms with E-state index in [9.17, 15) is 9.59 Å². The van der Waals surface area contributed by atoms with Gasteiger partial charge in [0.1, 0.15) is 23.9 Å². The van der Waals surface area contributed by atoms with Crippen LogP contribution in [-0.2, 0) is 28.5 Å². The van der Waals surface area contributed by atoms with Gasteiger partial charge in [0.05, 0.1) is 18.6 Å². The molecule has 2 saturated heterocycles. The van der Waals surface area contributed by atoms with Crippen LogP contribution in [0.3, 0.4) is 0 Å². The molecule has 0 N–H and O–H groups in total. The lowest BCUT2D eigenvalue weighted by Gasteiger charge is -2.37. The molecule has 0 radical (unpaired) electrons. The van der Waals surface area contributed by atoms with Crippen molar-refractivity contribution in [2.45, 2.75) is 56.5 Å². The molecule has 0 amide bonds. The van der Waals surface area contributed by atoms with Gasteiger partial charge in [0.2, 0.25) is 0 Å². The van der Waals surface area contributed by atoms with Crippen LogP contribution in [0.25, 0.3) is 0 Å². The molecule has 1 spiro atoms. The van der Waals surface area contributed by atoms with E-state index in [0.717, 1.165) is 12.8 Å². The first-order valence-electron chi connectivity index (χ1n) is 8.08. The van der Waals surface area contributed by atoms with Gasteiger partial charge in [0.25, 0.3) is 0 Å². The van der Waals surface area contributed by atoms with E-state index in [1.807, 2.05) is 19.1 Å². The van der Waals surface area contributed by atoms with Crippen molar-refractivity contribution in [3.8, 4) is 0 Å². The SMILES string of the molecule is CO[C@@H]1C(=O)CC[C@]2(CO2)[C@H]1C1(C)O[C@@H]1C/C=C/COC(C)=O. The van der Waals surface area contributed by atoms with E-state index < -0.39 is 11.7 Å². The van der Waals surface area contributed by atoms with Crippen LogP contribution in [0.4, 0.5) is 0 Å². The molecule has 0 aromatic heterocycles.